The molecule has 0 spiro atoms. The van der Waals surface area contributed by atoms with Gasteiger partial charge in [0.25, 0.3) is 0 Å². The molecule has 0 N–H and O–H groups in total. The second kappa shape index (κ2) is 13.2. The van der Waals surface area contributed by atoms with Gasteiger partial charge in [-0.05, 0) is 0 Å². The number of halogens is 4. The van der Waals surface area contributed by atoms with Crippen LogP contribution >= 0.6 is 48.0 Å². The van der Waals surface area contributed by atoms with Crippen LogP contribution in [0.3, 0.4) is 0 Å². The van der Waals surface area contributed by atoms with E-state index in [2.05, 4.69) is 140 Å². The Hall–Kier alpha value is -2.25. The Kier molecular flexibility index (Phi) is 10.0. The molecule has 0 heterocycles. The summed E-state index contributed by atoms with van der Waals surface area (Å²) in [6.07, 6.45) is 12.0. The maximum atomic E-state index is 6.93. The number of benzene rings is 4. The van der Waals surface area contributed by atoms with Gasteiger partial charge in [0.2, 0.25) is 0 Å². The molecule has 4 aromatic carbocycles. The minimum absolute atomic E-state index is 0. The van der Waals surface area contributed by atoms with E-state index in [-0.39, 0.29) is 45.2 Å². The normalized spacial score (nSPS) is 20.8. The zero-order chi connectivity index (χ0) is 35.6. The average Bonchev–Trinajstić information content (AvgIpc) is 3.61. The molecule has 5 heteroatoms. The monoisotopic (exact) mass is 844 g/mol. The topological polar surface area (TPSA) is 0 Å². The molecular formula is C47H50Cl4Zr. The number of hydrogen-bond donors (Lipinski definition) is 0. The number of hydrogen-bond acceptors (Lipinski definition) is 0. The quantitative estimate of drug-likeness (QED) is 0.169. The fraction of sp³-hybridized carbons (Fsp3) is 0.298. The number of allylic oxidation sites excluding steroid dienone is 8. The van der Waals surface area contributed by atoms with Gasteiger partial charge in [-0.25, -0.2) is 0 Å². The Balaban J connectivity index is 0.00000232. The van der Waals surface area contributed by atoms with Gasteiger partial charge in [0.05, 0.1) is 0 Å². The van der Waals surface area contributed by atoms with E-state index >= 15 is 0 Å². The molecule has 2 atom stereocenters. The van der Waals surface area contributed by atoms with E-state index in [9.17, 15) is 0 Å². The number of rotatable bonds is 4. The Labute approximate surface area is 334 Å². The van der Waals surface area contributed by atoms with Gasteiger partial charge in [-0.2, -0.15) is 0 Å². The standard InChI is InChI=1S/C27H29.C7H9.2C6H4Cl.CH2.2ClH.Zr/c1-16-7-9-26(3,4)24-12-18-11-19-13-25-21(17(2)8-10-27(25,5)6)15-23(19)22(18)14-20(16)24;1-6-3-4-7(2)5-6;2*7-6-4-2-1-3-5-6;;;;/h7-9,12-15H,10-11H2,1-6H3;3,5,7H,1-2H3;2*1-2,4-5H;1H2;2*1H;. The van der Waals surface area contributed by atoms with Crippen molar-refractivity contribution in [2.24, 2.45) is 5.92 Å². The van der Waals surface area contributed by atoms with Crippen LogP contribution in [0.1, 0.15) is 95.2 Å². The fourth-order valence-electron chi connectivity index (χ4n) is 10.7. The van der Waals surface area contributed by atoms with Crippen LogP contribution in [0.5, 0.6) is 0 Å². The van der Waals surface area contributed by atoms with Crippen molar-refractivity contribution in [2.45, 2.75) is 82.7 Å². The van der Waals surface area contributed by atoms with Crippen molar-refractivity contribution >= 4 is 69.9 Å². The summed E-state index contributed by atoms with van der Waals surface area (Å²) in [6.45, 7) is 19.0. The zero-order valence-electron chi connectivity index (χ0n) is 31.6. The summed E-state index contributed by atoms with van der Waals surface area (Å²) in [4.78, 5) is 0. The van der Waals surface area contributed by atoms with E-state index in [4.69, 9.17) is 27.4 Å². The first-order chi connectivity index (χ1) is 23.5. The molecule has 2 unspecified atom stereocenters. The molecule has 0 nitrogen and oxygen atoms in total. The molecule has 52 heavy (non-hydrogen) atoms. The first-order valence-electron chi connectivity index (χ1n) is 18.2. The second-order valence-electron chi connectivity index (χ2n) is 17.2. The summed E-state index contributed by atoms with van der Waals surface area (Å²) in [6, 6.07) is 27.5. The van der Waals surface area contributed by atoms with Gasteiger partial charge in [0, 0.05) is 0 Å². The molecule has 0 aromatic heterocycles. The summed E-state index contributed by atoms with van der Waals surface area (Å²) in [5, 5.41) is 1.51. The van der Waals surface area contributed by atoms with E-state index in [0.717, 1.165) is 22.9 Å². The van der Waals surface area contributed by atoms with E-state index < -0.39 is 18.3 Å². The second-order valence-corrected chi connectivity index (χ2v) is 31.4. The van der Waals surface area contributed by atoms with Gasteiger partial charge < -0.3 is 0 Å². The van der Waals surface area contributed by atoms with Crippen molar-refractivity contribution in [2.75, 3.05) is 0 Å². The van der Waals surface area contributed by atoms with E-state index in [1.807, 2.05) is 12.1 Å². The third-order valence-electron chi connectivity index (χ3n) is 13.2. The molecule has 270 valence electrons. The van der Waals surface area contributed by atoms with Crippen LogP contribution in [0.4, 0.5) is 0 Å². The van der Waals surface area contributed by atoms with Gasteiger partial charge in [0.15, 0.2) is 0 Å². The van der Waals surface area contributed by atoms with Crippen LogP contribution in [-0.2, 0) is 35.5 Å². The molecule has 0 saturated heterocycles. The number of fused-ring (bicyclic) bond motifs is 5. The van der Waals surface area contributed by atoms with Gasteiger partial charge in [-0.3, -0.25) is 0 Å². The predicted octanol–water partition coefficient (Wildman–Crippen LogP) is 13.2. The molecule has 0 amide bonds. The Morgan fingerprint density at radius 1 is 0.692 bits per heavy atom. The molecule has 4 aromatic rings. The molecule has 0 aliphatic heterocycles. The van der Waals surface area contributed by atoms with Crippen LogP contribution < -0.4 is 6.54 Å². The molecular weight excluding hydrogens is 798 g/mol. The maximum absolute atomic E-state index is 6.93. The van der Waals surface area contributed by atoms with Crippen LogP contribution in [0, 0.1) is 5.92 Å². The molecule has 0 saturated carbocycles. The van der Waals surface area contributed by atoms with Crippen LogP contribution in [0.25, 0.3) is 22.3 Å². The van der Waals surface area contributed by atoms with Gasteiger partial charge in [-0.1, -0.05) is 0 Å². The van der Waals surface area contributed by atoms with Gasteiger partial charge in [-0.15, -0.1) is 24.8 Å². The Morgan fingerprint density at radius 2 is 1.23 bits per heavy atom. The average molecular weight is 848 g/mol. The third kappa shape index (κ3) is 5.50. The van der Waals surface area contributed by atoms with Crippen LogP contribution in [-0.4, -0.2) is 4.21 Å². The SMILES string of the molecule is Cl.Cl.[CH2]=[Zr]([C]1=CC(C)=CC1C)([c]1cccc(Cl)c1)([c]1cccc(Cl)c1)[CH]1C=C(C)c2cc3c(cc2C1(C)C)Cc1cc2c(cc1-3)C(C)=CCC2(C)C. The summed E-state index contributed by atoms with van der Waals surface area (Å²) in [7, 11) is 0. The molecule has 0 radical (unpaired) electrons. The molecule has 0 fully saturated rings. The molecule has 4 aliphatic rings. The summed E-state index contributed by atoms with van der Waals surface area (Å²) in [5.74, 6) is 0.254. The molecule has 4 aliphatic carbocycles. The first kappa shape index (κ1) is 39.4. The van der Waals surface area contributed by atoms with Crippen LogP contribution in [0.2, 0.25) is 13.7 Å². The Morgan fingerprint density at radius 3 is 1.75 bits per heavy atom. The van der Waals surface area contributed by atoms with Crippen molar-refractivity contribution in [1.29, 1.82) is 0 Å². The summed E-state index contributed by atoms with van der Waals surface area (Å²) in [5.41, 5.74) is 15.4. The third-order valence-corrected chi connectivity index (χ3v) is 32.0. The first-order valence-corrected chi connectivity index (χ1v) is 25.8. The molecule has 0 bridgehead atoms. The van der Waals surface area contributed by atoms with Crippen molar-refractivity contribution in [3.05, 3.63) is 149 Å². The minimum atomic E-state index is -4.98. The molecule has 8 rings (SSSR count). The van der Waals surface area contributed by atoms with E-state index in [1.54, 1.807) is 0 Å². The van der Waals surface area contributed by atoms with Crippen molar-refractivity contribution in [3.8, 4) is 11.1 Å². The fourth-order valence-corrected chi connectivity index (χ4v) is 31.3. The zero-order valence-corrected chi connectivity index (χ0v) is 37.2. The van der Waals surface area contributed by atoms with E-state index in [0.29, 0.717) is 0 Å². The van der Waals surface area contributed by atoms with Gasteiger partial charge in [0.1, 0.15) is 0 Å². The van der Waals surface area contributed by atoms with E-state index in [1.165, 1.54) is 71.1 Å². The Bertz CT molecular complexity index is 2310. The summed E-state index contributed by atoms with van der Waals surface area (Å²) >= 11 is 8.89. The predicted molar refractivity (Wildman–Crippen MR) is 231 cm³/mol. The summed E-state index contributed by atoms with van der Waals surface area (Å²) < 4.78 is 9.91. The van der Waals surface area contributed by atoms with Crippen molar-refractivity contribution in [3.63, 3.8) is 0 Å². The van der Waals surface area contributed by atoms with Crippen LogP contribution in [0.15, 0.2) is 106 Å². The van der Waals surface area contributed by atoms with Crippen molar-refractivity contribution in [1.82, 2.24) is 0 Å². The van der Waals surface area contributed by atoms with Crippen molar-refractivity contribution < 1.29 is 18.3 Å². The van der Waals surface area contributed by atoms with Gasteiger partial charge >= 0.3 is 313 Å².